The Kier molecular flexibility index (Phi) is 11.7. The smallest absolute Gasteiger partial charge is 0.416 e. The number of rotatable bonds is 10. The lowest BCUT2D eigenvalue weighted by Gasteiger charge is -2.35. The van der Waals surface area contributed by atoms with E-state index in [1.807, 2.05) is 34.6 Å². The molecule has 1 aromatic carbocycles. The number of aromatic nitrogens is 1. The van der Waals surface area contributed by atoms with Crippen molar-refractivity contribution < 1.29 is 23.5 Å². The Morgan fingerprint density at radius 3 is 2.41 bits per heavy atom. The Morgan fingerprint density at radius 1 is 1.05 bits per heavy atom. The topological polar surface area (TPSA) is 72.0 Å². The first kappa shape index (κ1) is 34.2. The number of halogens is 2. The summed E-state index contributed by atoms with van der Waals surface area (Å²) < 4.78 is 25.8. The molecule has 0 spiro atoms. The van der Waals surface area contributed by atoms with Gasteiger partial charge in [-0.3, -0.25) is 9.69 Å². The molecule has 0 bridgehead atoms. The number of carbonyl (C=O) groups excluding carboxylic acids is 2. The summed E-state index contributed by atoms with van der Waals surface area (Å²) in [4.78, 5) is 34.7. The Bertz CT molecular complexity index is 1300. The van der Waals surface area contributed by atoms with E-state index >= 15 is 4.39 Å². The largest absolute Gasteiger partial charge is 0.469 e. The molecule has 44 heavy (non-hydrogen) atoms. The van der Waals surface area contributed by atoms with Crippen molar-refractivity contribution >= 4 is 29.5 Å². The summed E-state index contributed by atoms with van der Waals surface area (Å²) in [5.74, 6) is -0.554. The standard InChI is InChI=1S/C35H49ClFN3O4/c1-23(2)27-15-16-28(30(36)31(27)37)29(33(41)43-6)24-17-21-39(22-18-24)19-9-7-8-12-26-14-13-25-11-10-20-40(32(25)38-26)34(42)44-35(3,4)5/h13-16,23-24,29H,7-12,17-22H2,1-6H3. The second-order valence-corrected chi connectivity index (χ2v) is 13.9. The Morgan fingerprint density at radius 2 is 1.75 bits per heavy atom. The van der Waals surface area contributed by atoms with Crippen molar-refractivity contribution in [2.45, 2.75) is 103 Å². The quantitative estimate of drug-likeness (QED) is 0.195. The summed E-state index contributed by atoms with van der Waals surface area (Å²) in [6.45, 7) is 12.9. The van der Waals surface area contributed by atoms with Crippen LogP contribution in [0.2, 0.25) is 5.02 Å². The minimum Gasteiger partial charge on any atom is -0.469 e. The maximum absolute atomic E-state index is 15.0. The summed E-state index contributed by atoms with van der Waals surface area (Å²) in [7, 11) is 1.38. The number of ether oxygens (including phenoxy) is 2. The van der Waals surface area contributed by atoms with Crippen LogP contribution < -0.4 is 4.90 Å². The third-order valence-electron chi connectivity index (χ3n) is 8.78. The lowest BCUT2D eigenvalue weighted by Crippen LogP contribution is -2.40. The zero-order valence-electron chi connectivity index (χ0n) is 27.3. The molecule has 0 radical (unpaired) electrons. The van der Waals surface area contributed by atoms with Gasteiger partial charge in [0.1, 0.15) is 17.2 Å². The van der Waals surface area contributed by atoms with Crippen molar-refractivity contribution in [1.29, 1.82) is 0 Å². The zero-order valence-corrected chi connectivity index (χ0v) is 28.0. The number of anilines is 1. The molecule has 3 heterocycles. The van der Waals surface area contributed by atoms with Crippen LogP contribution in [0.25, 0.3) is 0 Å². The monoisotopic (exact) mass is 629 g/mol. The van der Waals surface area contributed by atoms with Gasteiger partial charge in [-0.1, -0.05) is 50.1 Å². The lowest BCUT2D eigenvalue weighted by molar-refractivity contribution is -0.144. The molecule has 1 unspecified atom stereocenters. The third-order valence-corrected chi connectivity index (χ3v) is 9.16. The number of methoxy groups -OCH3 is 1. The number of hydrogen-bond acceptors (Lipinski definition) is 6. The van der Waals surface area contributed by atoms with Gasteiger partial charge in [-0.2, -0.15) is 0 Å². The SMILES string of the molecule is COC(=O)C(c1ccc(C(C)C)c(F)c1Cl)C1CCN(CCCCCc2ccc3c(n2)N(C(=O)OC(C)(C)C)CCC3)CC1. The minimum absolute atomic E-state index is 0.00476. The molecule has 1 atom stereocenters. The van der Waals surface area contributed by atoms with Gasteiger partial charge in [0, 0.05) is 12.2 Å². The average molecular weight is 630 g/mol. The summed E-state index contributed by atoms with van der Waals surface area (Å²) in [6, 6.07) is 7.76. The molecule has 242 valence electrons. The van der Waals surface area contributed by atoms with E-state index in [0.717, 1.165) is 88.1 Å². The third kappa shape index (κ3) is 8.51. The Balaban J connectivity index is 1.26. The number of likely N-dealkylation sites (tertiary alicyclic amines) is 1. The van der Waals surface area contributed by atoms with Gasteiger partial charge in [-0.25, -0.2) is 14.2 Å². The molecular weight excluding hydrogens is 581 g/mol. The van der Waals surface area contributed by atoms with Gasteiger partial charge < -0.3 is 14.4 Å². The number of nitrogens with zero attached hydrogens (tertiary/aromatic N) is 3. The number of aryl methyl sites for hydroxylation is 2. The number of unbranched alkanes of at least 4 members (excludes halogenated alkanes) is 2. The maximum atomic E-state index is 15.0. The van der Waals surface area contributed by atoms with E-state index in [0.29, 0.717) is 17.7 Å². The van der Waals surface area contributed by atoms with Crippen molar-refractivity contribution in [3.8, 4) is 0 Å². The first-order valence-corrected chi connectivity index (χ1v) is 16.5. The number of esters is 1. The molecule has 2 aliphatic rings. The molecule has 9 heteroatoms. The first-order chi connectivity index (χ1) is 20.9. The van der Waals surface area contributed by atoms with Crippen molar-refractivity contribution in [2.24, 2.45) is 5.92 Å². The van der Waals surface area contributed by atoms with Crippen LogP contribution in [-0.4, -0.2) is 60.8 Å². The molecule has 1 amide bonds. The highest BCUT2D eigenvalue weighted by molar-refractivity contribution is 6.31. The van der Waals surface area contributed by atoms with Gasteiger partial charge in [-0.05, 0) is 120 Å². The second kappa shape index (κ2) is 15.0. The van der Waals surface area contributed by atoms with E-state index in [9.17, 15) is 9.59 Å². The molecule has 4 rings (SSSR count). The van der Waals surface area contributed by atoms with Crippen LogP contribution in [-0.2, 0) is 27.1 Å². The lowest BCUT2D eigenvalue weighted by atomic mass is 9.79. The van der Waals surface area contributed by atoms with Gasteiger partial charge in [0.2, 0.25) is 0 Å². The fourth-order valence-electron chi connectivity index (χ4n) is 6.41. The van der Waals surface area contributed by atoms with E-state index < -0.39 is 17.3 Å². The summed E-state index contributed by atoms with van der Waals surface area (Å²) >= 11 is 6.49. The molecule has 1 aromatic heterocycles. The predicted molar refractivity (Wildman–Crippen MR) is 173 cm³/mol. The summed E-state index contributed by atoms with van der Waals surface area (Å²) in [5, 5.41) is 0.0417. The van der Waals surface area contributed by atoms with Crippen LogP contribution in [0, 0.1) is 11.7 Å². The zero-order chi connectivity index (χ0) is 32.0. The molecule has 1 fully saturated rings. The number of hydrogen-bond donors (Lipinski definition) is 0. The minimum atomic E-state index is -0.569. The van der Waals surface area contributed by atoms with Crippen molar-refractivity contribution in [1.82, 2.24) is 9.88 Å². The van der Waals surface area contributed by atoms with Crippen LogP contribution in [0.1, 0.15) is 107 Å². The number of fused-ring (bicyclic) bond motifs is 1. The molecule has 2 aromatic rings. The molecule has 0 aliphatic carbocycles. The average Bonchev–Trinajstić information content (AvgIpc) is 2.98. The van der Waals surface area contributed by atoms with Crippen molar-refractivity contribution in [3.05, 3.63) is 57.5 Å². The number of piperidine rings is 1. The Hall–Kier alpha value is -2.71. The van der Waals surface area contributed by atoms with Gasteiger partial charge in [0.05, 0.1) is 18.1 Å². The summed E-state index contributed by atoms with van der Waals surface area (Å²) in [5.41, 5.74) is 2.65. The molecule has 2 aliphatic heterocycles. The fourth-order valence-corrected chi connectivity index (χ4v) is 6.70. The highest BCUT2D eigenvalue weighted by Crippen LogP contribution is 2.40. The van der Waals surface area contributed by atoms with Gasteiger partial charge in [0.25, 0.3) is 0 Å². The molecule has 1 saturated heterocycles. The van der Waals surface area contributed by atoms with Crippen LogP contribution in [0.3, 0.4) is 0 Å². The van der Waals surface area contributed by atoms with E-state index in [4.69, 9.17) is 26.1 Å². The number of carbonyl (C=O) groups is 2. The van der Waals surface area contributed by atoms with Gasteiger partial charge >= 0.3 is 12.1 Å². The molecule has 7 nitrogen and oxygen atoms in total. The molecule has 0 N–H and O–H groups in total. The van der Waals surface area contributed by atoms with Crippen molar-refractivity contribution in [3.63, 3.8) is 0 Å². The number of benzene rings is 1. The fraction of sp³-hybridized carbons (Fsp3) is 0.629. The van der Waals surface area contributed by atoms with Crippen LogP contribution >= 0.6 is 11.6 Å². The highest BCUT2D eigenvalue weighted by atomic mass is 35.5. The summed E-state index contributed by atoms with van der Waals surface area (Å²) in [6.07, 6.45) is 7.21. The van der Waals surface area contributed by atoms with Crippen LogP contribution in [0.5, 0.6) is 0 Å². The molecular formula is C35H49ClFN3O4. The number of amides is 1. The van der Waals surface area contributed by atoms with Crippen LogP contribution in [0.15, 0.2) is 24.3 Å². The van der Waals surface area contributed by atoms with E-state index in [1.165, 1.54) is 7.11 Å². The normalized spacial score (nSPS) is 17.0. The van der Waals surface area contributed by atoms with Gasteiger partial charge in [0.15, 0.2) is 0 Å². The Labute approximate surface area is 267 Å². The van der Waals surface area contributed by atoms with Crippen molar-refractivity contribution in [2.75, 3.05) is 38.2 Å². The highest BCUT2D eigenvalue weighted by Gasteiger charge is 2.36. The molecule has 0 saturated carbocycles. The second-order valence-electron chi connectivity index (χ2n) is 13.5. The van der Waals surface area contributed by atoms with Gasteiger partial charge in [-0.15, -0.1) is 0 Å². The maximum Gasteiger partial charge on any atom is 0.416 e. The van der Waals surface area contributed by atoms with E-state index in [2.05, 4.69) is 17.0 Å². The van der Waals surface area contributed by atoms with E-state index in [-0.39, 0.29) is 28.9 Å². The predicted octanol–water partition coefficient (Wildman–Crippen LogP) is 8.07. The number of pyridine rings is 1. The van der Waals surface area contributed by atoms with E-state index in [1.54, 1.807) is 17.0 Å². The first-order valence-electron chi connectivity index (χ1n) is 16.2. The van der Waals surface area contributed by atoms with Crippen LogP contribution in [0.4, 0.5) is 15.0 Å².